The zero-order valence-electron chi connectivity index (χ0n) is 11.2. The minimum absolute atomic E-state index is 0.203. The number of carbonyl (C=O) groups excluding carboxylic acids is 1. The highest BCUT2D eigenvalue weighted by molar-refractivity contribution is 5.79. The summed E-state index contributed by atoms with van der Waals surface area (Å²) in [4.78, 5) is 12.1. The predicted molar refractivity (Wildman–Crippen MR) is 69.8 cm³/mol. The first kappa shape index (κ1) is 12.9. The summed E-state index contributed by atoms with van der Waals surface area (Å²) >= 11 is 0. The summed E-state index contributed by atoms with van der Waals surface area (Å²) in [5.74, 6) is 0.480. The van der Waals surface area contributed by atoms with Gasteiger partial charge in [0.25, 0.3) is 0 Å². The number of rotatable bonds is 2. The normalized spacial score (nSPS) is 33.1. The van der Waals surface area contributed by atoms with E-state index in [1.165, 1.54) is 12.8 Å². The van der Waals surface area contributed by atoms with Gasteiger partial charge in [-0.05, 0) is 44.1 Å². The molecule has 1 aliphatic carbocycles. The third-order valence-corrected chi connectivity index (χ3v) is 4.22. The van der Waals surface area contributed by atoms with Crippen molar-refractivity contribution in [2.45, 2.75) is 58.4 Å². The summed E-state index contributed by atoms with van der Waals surface area (Å²) in [6, 6.07) is 0.410. The van der Waals surface area contributed by atoms with Crippen LogP contribution < -0.4 is 10.6 Å². The molecule has 1 aliphatic heterocycles. The lowest BCUT2D eigenvalue weighted by atomic mass is 9.75. The fourth-order valence-corrected chi connectivity index (χ4v) is 3.22. The van der Waals surface area contributed by atoms with Crippen molar-refractivity contribution >= 4 is 5.91 Å². The van der Waals surface area contributed by atoms with E-state index in [1.807, 2.05) is 0 Å². The first-order valence-electron chi connectivity index (χ1n) is 7.08. The Kier molecular flexibility index (Phi) is 4.08. The molecule has 1 amide bonds. The predicted octanol–water partition coefficient (Wildman–Crippen LogP) is 2.07. The molecule has 1 heterocycles. The van der Waals surface area contributed by atoms with Gasteiger partial charge in [-0.3, -0.25) is 4.79 Å². The van der Waals surface area contributed by atoms with Gasteiger partial charge in [0.05, 0.1) is 5.92 Å². The van der Waals surface area contributed by atoms with Crippen molar-refractivity contribution < 1.29 is 4.79 Å². The van der Waals surface area contributed by atoms with Crippen LogP contribution in [0.25, 0.3) is 0 Å². The molecule has 3 nitrogen and oxygen atoms in total. The molecule has 0 aromatic rings. The van der Waals surface area contributed by atoms with Crippen LogP contribution >= 0.6 is 0 Å². The molecule has 0 aromatic heterocycles. The Hall–Kier alpha value is -0.570. The van der Waals surface area contributed by atoms with Crippen LogP contribution in [0.15, 0.2) is 0 Å². The maximum Gasteiger partial charge on any atom is 0.224 e. The summed E-state index contributed by atoms with van der Waals surface area (Å²) in [7, 11) is 0. The van der Waals surface area contributed by atoms with E-state index in [0.717, 1.165) is 38.8 Å². The van der Waals surface area contributed by atoms with Gasteiger partial charge in [-0.1, -0.05) is 20.3 Å². The molecule has 98 valence electrons. The average Bonchev–Trinajstić information content (AvgIpc) is 2.29. The Morgan fingerprint density at radius 2 is 2.12 bits per heavy atom. The quantitative estimate of drug-likeness (QED) is 0.773. The number of amides is 1. The molecule has 1 saturated heterocycles. The fraction of sp³-hybridized carbons (Fsp3) is 0.929. The zero-order chi connectivity index (χ0) is 12.3. The molecule has 2 fully saturated rings. The molecule has 2 rings (SSSR count). The third-order valence-electron chi connectivity index (χ3n) is 4.22. The number of nitrogens with one attached hydrogen (secondary N) is 2. The molecule has 0 radical (unpaired) electrons. The average molecular weight is 238 g/mol. The molecule has 0 spiro atoms. The molecule has 17 heavy (non-hydrogen) atoms. The van der Waals surface area contributed by atoms with E-state index >= 15 is 0 Å². The van der Waals surface area contributed by atoms with Crippen LogP contribution in [0.5, 0.6) is 0 Å². The van der Waals surface area contributed by atoms with Crippen LogP contribution in [0.4, 0.5) is 0 Å². The molecular weight excluding hydrogens is 212 g/mol. The minimum atomic E-state index is 0.203. The summed E-state index contributed by atoms with van der Waals surface area (Å²) in [6.45, 7) is 6.56. The first-order chi connectivity index (χ1) is 8.07. The van der Waals surface area contributed by atoms with Crippen molar-refractivity contribution in [3.63, 3.8) is 0 Å². The van der Waals surface area contributed by atoms with Gasteiger partial charge in [0.2, 0.25) is 5.91 Å². The van der Waals surface area contributed by atoms with Crippen LogP contribution in [0.1, 0.15) is 52.4 Å². The standard InChI is InChI=1S/C14H26N2O/c1-14(2)7-3-6-12(9-14)16-13(17)11-5-4-8-15-10-11/h11-12,15H,3-10H2,1-2H3,(H,16,17)/t11-,12?/m1/s1. The lowest BCUT2D eigenvalue weighted by molar-refractivity contribution is -0.126. The number of piperidine rings is 1. The third kappa shape index (κ3) is 3.70. The van der Waals surface area contributed by atoms with Crippen LogP contribution in [-0.2, 0) is 4.79 Å². The minimum Gasteiger partial charge on any atom is -0.353 e. The maximum absolute atomic E-state index is 12.1. The smallest absolute Gasteiger partial charge is 0.224 e. The number of carbonyl (C=O) groups is 1. The maximum atomic E-state index is 12.1. The Morgan fingerprint density at radius 1 is 1.29 bits per heavy atom. The van der Waals surface area contributed by atoms with E-state index in [1.54, 1.807) is 0 Å². The van der Waals surface area contributed by atoms with Crippen molar-refractivity contribution in [2.24, 2.45) is 11.3 Å². The molecule has 2 aliphatic rings. The van der Waals surface area contributed by atoms with E-state index < -0.39 is 0 Å². The molecule has 2 atom stereocenters. The highest BCUT2D eigenvalue weighted by Crippen LogP contribution is 2.35. The molecule has 3 heteroatoms. The van der Waals surface area contributed by atoms with E-state index in [9.17, 15) is 4.79 Å². The van der Waals surface area contributed by atoms with Crippen LogP contribution in [0, 0.1) is 11.3 Å². The van der Waals surface area contributed by atoms with Crippen LogP contribution in [0.2, 0.25) is 0 Å². The van der Waals surface area contributed by atoms with Gasteiger partial charge in [-0.2, -0.15) is 0 Å². The second-order valence-corrected chi connectivity index (χ2v) is 6.51. The molecule has 0 bridgehead atoms. The lowest BCUT2D eigenvalue weighted by Crippen LogP contribution is -2.46. The van der Waals surface area contributed by atoms with Crippen molar-refractivity contribution in [3.8, 4) is 0 Å². The second kappa shape index (κ2) is 5.38. The summed E-state index contributed by atoms with van der Waals surface area (Å²) in [6.07, 6.45) is 7.03. The molecule has 2 N–H and O–H groups in total. The monoisotopic (exact) mass is 238 g/mol. The SMILES string of the molecule is CC1(C)CCCC(NC(=O)[C@@H]2CCCNC2)C1. The van der Waals surface area contributed by atoms with Gasteiger partial charge in [0.1, 0.15) is 0 Å². The molecular formula is C14H26N2O. The van der Waals surface area contributed by atoms with Crippen LogP contribution in [-0.4, -0.2) is 25.0 Å². The van der Waals surface area contributed by atoms with Gasteiger partial charge in [0.15, 0.2) is 0 Å². The van der Waals surface area contributed by atoms with Crippen molar-refractivity contribution in [2.75, 3.05) is 13.1 Å². The van der Waals surface area contributed by atoms with E-state index in [0.29, 0.717) is 11.5 Å². The highest BCUT2D eigenvalue weighted by Gasteiger charge is 2.30. The lowest BCUT2D eigenvalue weighted by Gasteiger charge is -2.36. The van der Waals surface area contributed by atoms with Gasteiger partial charge in [0, 0.05) is 12.6 Å². The largest absolute Gasteiger partial charge is 0.353 e. The second-order valence-electron chi connectivity index (χ2n) is 6.51. The Balaban J connectivity index is 1.81. The Morgan fingerprint density at radius 3 is 2.76 bits per heavy atom. The van der Waals surface area contributed by atoms with Gasteiger partial charge in [-0.25, -0.2) is 0 Å². The van der Waals surface area contributed by atoms with Gasteiger partial charge >= 0.3 is 0 Å². The first-order valence-corrected chi connectivity index (χ1v) is 7.08. The van der Waals surface area contributed by atoms with E-state index in [-0.39, 0.29) is 11.8 Å². The van der Waals surface area contributed by atoms with E-state index in [4.69, 9.17) is 0 Å². The summed E-state index contributed by atoms with van der Waals surface area (Å²) in [5.41, 5.74) is 0.404. The molecule has 1 saturated carbocycles. The summed E-state index contributed by atoms with van der Waals surface area (Å²) < 4.78 is 0. The van der Waals surface area contributed by atoms with Gasteiger partial charge < -0.3 is 10.6 Å². The Bertz CT molecular complexity index is 269. The van der Waals surface area contributed by atoms with Crippen molar-refractivity contribution in [3.05, 3.63) is 0 Å². The summed E-state index contributed by atoms with van der Waals surface area (Å²) in [5, 5.41) is 6.57. The topological polar surface area (TPSA) is 41.1 Å². The van der Waals surface area contributed by atoms with Crippen molar-refractivity contribution in [1.29, 1.82) is 0 Å². The van der Waals surface area contributed by atoms with Gasteiger partial charge in [-0.15, -0.1) is 0 Å². The highest BCUT2D eigenvalue weighted by atomic mass is 16.2. The van der Waals surface area contributed by atoms with E-state index in [2.05, 4.69) is 24.5 Å². The molecule has 0 aromatic carbocycles. The number of hydrogen-bond acceptors (Lipinski definition) is 2. The molecule has 1 unspecified atom stereocenters. The van der Waals surface area contributed by atoms with Crippen molar-refractivity contribution in [1.82, 2.24) is 10.6 Å². The number of hydrogen-bond donors (Lipinski definition) is 2. The Labute approximate surface area is 105 Å². The zero-order valence-corrected chi connectivity index (χ0v) is 11.2. The fourth-order valence-electron chi connectivity index (χ4n) is 3.22. The van der Waals surface area contributed by atoms with Crippen LogP contribution in [0.3, 0.4) is 0 Å².